The largest absolute Gasteiger partial charge is 0.493 e. The van der Waals surface area contributed by atoms with Crippen molar-refractivity contribution >= 4 is 34.0 Å². The minimum Gasteiger partial charge on any atom is -0.493 e. The zero-order chi connectivity index (χ0) is 15.2. The fourth-order valence-electron chi connectivity index (χ4n) is 1.59. The second kappa shape index (κ2) is 7.43. The van der Waals surface area contributed by atoms with Crippen molar-refractivity contribution in [1.82, 2.24) is 4.98 Å². The number of nitrogens with zero attached hydrogens (tertiary/aromatic N) is 1. The van der Waals surface area contributed by atoms with Crippen molar-refractivity contribution in [3.05, 3.63) is 40.9 Å². The van der Waals surface area contributed by atoms with Gasteiger partial charge in [-0.3, -0.25) is 10.1 Å². The summed E-state index contributed by atoms with van der Waals surface area (Å²) in [6.45, 7) is 4.78. The van der Waals surface area contributed by atoms with E-state index in [1.807, 2.05) is 11.4 Å². The van der Waals surface area contributed by atoms with Gasteiger partial charge in [0, 0.05) is 10.9 Å². The predicted molar refractivity (Wildman–Crippen MR) is 86.4 cm³/mol. The summed E-state index contributed by atoms with van der Waals surface area (Å²) in [6, 6.07) is 7.12. The van der Waals surface area contributed by atoms with Gasteiger partial charge >= 0.3 is 0 Å². The number of halogens is 1. The summed E-state index contributed by atoms with van der Waals surface area (Å²) in [5.74, 6) is 1.26. The molecule has 0 fully saturated rings. The molecule has 2 rings (SSSR count). The van der Waals surface area contributed by atoms with Gasteiger partial charge in [-0.1, -0.05) is 19.9 Å². The molecule has 4 nitrogen and oxygen atoms in total. The van der Waals surface area contributed by atoms with E-state index in [1.54, 1.807) is 18.2 Å². The normalized spacial score (nSPS) is 10.7. The quantitative estimate of drug-likeness (QED) is 0.811. The Morgan fingerprint density at radius 2 is 2.29 bits per heavy atom. The van der Waals surface area contributed by atoms with Crippen LogP contribution in [0.3, 0.4) is 0 Å². The van der Waals surface area contributed by atoms with Crippen LogP contribution in [0.4, 0.5) is 5.13 Å². The molecule has 0 radical (unpaired) electrons. The van der Waals surface area contributed by atoms with E-state index in [0.717, 1.165) is 5.69 Å². The summed E-state index contributed by atoms with van der Waals surface area (Å²) in [6.07, 6.45) is 0. The molecule has 0 aliphatic heterocycles. The minimum atomic E-state index is -0.208. The Balaban J connectivity index is 2.03. The first-order valence-corrected chi connectivity index (χ1v) is 8.04. The first-order chi connectivity index (χ1) is 10.1. The van der Waals surface area contributed by atoms with Gasteiger partial charge in [-0.15, -0.1) is 22.9 Å². The number of aromatic nitrogens is 1. The molecular weight excluding hydrogens is 308 g/mol. The van der Waals surface area contributed by atoms with E-state index >= 15 is 0 Å². The molecule has 1 heterocycles. The molecule has 0 aliphatic rings. The number of benzene rings is 1. The highest BCUT2D eigenvalue weighted by Gasteiger charge is 2.10. The Labute approximate surface area is 133 Å². The van der Waals surface area contributed by atoms with Crippen LogP contribution in [0, 0.1) is 5.92 Å². The monoisotopic (exact) mass is 324 g/mol. The van der Waals surface area contributed by atoms with Crippen molar-refractivity contribution in [2.24, 2.45) is 5.92 Å². The van der Waals surface area contributed by atoms with Crippen LogP contribution >= 0.6 is 22.9 Å². The lowest BCUT2D eigenvalue weighted by atomic mass is 10.2. The molecule has 2 aromatic rings. The molecule has 0 saturated carbocycles. The Morgan fingerprint density at radius 3 is 2.95 bits per heavy atom. The average Bonchev–Trinajstić information content (AvgIpc) is 2.93. The van der Waals surface area contributed by atoms with Gasteiger partial charge in [0.15, 0.2) is 5.13 Å². The van der Waals surface area contributed by atoms with Gasteiger partial charge in [0.25, 0.3) is 5.91 Å². The lowest BCUT2D eigenvalue weighted by Crippen LogP contribution is -2.12. The van der Waals surface area contributed by atoms with Crippen molar-refractivity contribution in [1.29, 1.82) is 0 Å². The van der Waals surface area contributed by atoms with Crippen LogP contribution in [0.15, 0.2) is 29.6 Å². The molecule has 0 unspecified atom stereocenters. The van der Waals surface area contributed by atoms with Crippen LogP contribution < -0.4 is 10.1 Å². The highest BCUT2D eigenvalue weighted by Crippen LogP contribution is 2.19. The first kappa shape index (κ1) is 15.8. The third-order valence-electron chi connectivity index (χ3n) is 2.59. The number of amides is 1. The number of nitrogens with one attached hydrogen (secondary N) is 1. The molecule has 0 aliphatic carbocycles. The third-order valence-corrected chi connectivity index (χ3v) is 3.67. The van der Waals surface area contributed by atoms with Crippen molar-refractivity contribution in [3.8, 4) is 5.75 Å². The van der Waals surface area contributed by atoms with Crippen molar-refractivity contribution < 1.29 is 9.53 Å². The molecule has 0 saturated heterocycles. The van der Waals surface area contributed by atoms with E-state index in [-0.39, 0.29) is 5.91 Å². The molecule has 1 N–H and O–H groups in total. The maximum atomic E-state index is 12.2. The Morgan fingerprint density at radius 1 is 1.48 bits per heavy atom. The van der Waals surface area contributed by atoms with E-state index < -0.39 is 0 Å². The number of carbonyl (C=O) groups excluding carboxylic acids is 1. The van der Waals surface area contributed by atoms with Gasteiger partial charge < -0.3 is 4.74 Å². The van der Waals surface area contributed by atoms with E-state index in [0.29, 0.717) is 34.8 Å². The Kier molecular flexibility index (Phi) is 5.59. The minimum absolute atomic E-state index is 0.208. The molecule has 1 aromatic heterocycles. The number of ether oxygens (including phenoxy) is 1. The van der Waals surface area contributed by atoms with Gasteiger partial charge in [-0.2, -0.15) is 0 Å². The Hall–Kier alpha value is -1.59. The molecule has 112 valence electrons. The van der Waals surface area contributed by atoms with Crippen molar-refractivity contribution in [2.45, 2.75) is 19.7 Å². The van der Waals surface area contributed by atoms with Crippen LogP contribution in [0.5, 0.6) is 5.75 Å². The molecule has 0 spiro atoms. The fraction of sp³-hybridized carbons (Fsp3) is 0.333. The van der Waals surface area contributed by atoms with Gasteiger partial charge in [-0.05, 0) is 24.1 Å². The number of anilines is 1. The molecule has 21 heavy (non-hydrogen) atoms. The second-order valence-corrected chi connectivity index (χ2v) is 6.09. The van der Waals surface area contributed by atoms with Crippen molar-refractivity contribution in [3.63, 3.8) is 0 Å². The first-order valence-electron chi connectivity index (χ1n) is 6.63. The number of carbonyl (C=O) groups is 1. The second-order valence-electron chi connectivity index (χ2n) is 4.96. The van der Waals surface area contributed by atoms with Crippen LogP contribution in [-0.2, 0) is 5.88 Å². The highest BCUT2D eigenvalue weighted by molar-refractivity contribution is 7.14. The van der Waals surface area contributed by atoms with Gasteiger partial charge in [0.2, 0.25) is 0 Å². The lowest BCUT2D eigenvalue weighted by molar-refractivity contribution is 0.102. The maximum absolute atomic E-state index is 12.2. The molecular formula is C15H17ClN2O2S. The smallest absolute Gasteiger partial charge is 0.257 e. The molecule has 1 amide bonds. The van der Waals surface area contributed by atoms with Gasteiger partial charge in [-0.25, -0.2) is 4.98 Å². The van der Waals surface area contributed by atoms with E-state index in [4.69, 9.17) is 16.3 Å². The lowest BCUT2D eigenvalue weighted by Gasteiger charge is -2.09. The zero-order valence-corrected chi connectivity index (χ0v) is 13.5. The van der Waals surface area contributed by atoms with Crippen LogP contribution in [0.25, 0.3) is 0 Å². The summed E-state index contributed by atoms with van der Waals surface area (Å²) in [5.41, 5.74) is 1.30. The number of rotatable bonds is 6. The number of alkyl halides is 1. The summed E-state index contributed by atoms with van der Waals surface area (Å²) >= 11 is 7.05. The van der Waals surface area contributed by atoms with Crippen LogP contribution in [0.2, 0.25) is 0 Å². The molecule has 0 bridgehead atoms. The highest BCUT2D eigenvalue weighted by atomic mass is 35.5. The van der Waals surface area contributed by atoms with Crippen LogP contribution in [0.1, 0.15) is 29.9 Å². The van der Waals surface area contributed by atoms with E-state index in [9.17, 15) is 4.79 Å². The number of thiazole rings is 1. The van der Waals surface area contributed by atoms with Crippen LogP contribution in [-0.4, -0.2) is 17.5 Å². The maximum Gasteiger partial charge on any atom is 0.257 e. The topological polar surface area (TPSA) is 51.2 Å². The van der Waals surface area contributed by atoms with E-state index in [1.165, 1.54) is 11.3 Å². The van der Waals surface area contributed by atoms with Gasteiger partial charge in [0.05, 0.1) is 18.2 Å². The third kappa shape index (κ3) is 4.72. The molecule has 1 aromatic carbocycles. The van der Waals surface area contributed by atoms with E-state index in [2.05, 4.69) is 24.1 Å². The molecule has 6 heteroatoms. The van der Waals surface area contributed by atoms with Gasteiger partial charge in [0.1, 0.15) is 5.75 Å². The fourth-order valence-corrected chi connectivity index (χ4v) is 2.52. The average molecular weight is 325 g/mol. The number of hydrogen-bond acceptors (Lipinski definition) is 4. The standard InChI is InChI=1S/C15H17ClN2O2S/c1-10(2)8-20-13-5-3-4-11(6-13)14(19)18-15-17-12(7-16)9-21-15/h3-6,9-10H,7-8H2,1-2H3,(H,17,18,19). The SMILES string of the molecule is CC(C)COc1cccc(C(=O)Nc2nc(CCl)cs2)c1. The molecule has 0 atom stereocenters. The summed E-state index contributed by atoms with van der Waals surface area (Å²) in [5, 5.41) is 5.13. The predicted octanol–water partition coefficient (Wildman–Crippen LogP) is 4.17. The number of hydrogen-bond donors (Lipinski definition) is 1. The van der Waals surface area contributed by atoms with Crippen molar-refractivity contribution in [2.75, 3.05) is 11.9 Å². The summed E-state index contributed by atoms with van der Waals surface area (Å²) in [4.78, 5) is 16.4. The Bertz CT molecular complexity index is 613. The summed E-state index contributed by atoms with van der Waals surface area (Å²) in [7, 11) is 0. The zero-order valence-electron chi connectivity index (χ0n) is 11.9. The summed E-state index contributed by atoms with van der Waals surface area (Å²) < 4.78 is 5.62.